The number of nitro benzene ring substituents is 1. The number of thioether (sulfide) groups is 1. The summed E-state index contributed by atoms with van der Waals surface area (Å²) in [5.41, 5.74) is 0.743. The van der Waals surface area contributed by atoms with Crippen LogP contribution in [0.2, 0.25) is 0 Å². The van der Waals surface area contributed by atoms with E-state index in [0.717, 1.165) is 16.2 Å². The van der Waals surface area contributed by atoms with Crippen molar-refractivity contribution < 1.29 is 9.66 Å². The number of aryl methyl sites for hydroxylation is 1. The number of nitrogens with zero attached hydrogens (tertiary/aromatic N) is 1. The van der Waals surface area contributed by atoms with E-state index in [9.17, 15) is 10.1 Å². The van der Waals surface area contributed by atoms with E-state index in [1.165, 1.54) is 6.07 Å². The van der Waals surface area contributed by atoms with Gasteiger partial charge in [-0.05, 0) is 30.7 Å². The minimum atomic E-state index is -0.419. The molecule has 21 heavy (non-hydrogen) atoms. The third-order valence-electron chi connectivity index (χ3n) is 2.76. The van der Waals surface area contributed by atoms with Gasteiger partial charge in [0.15, 0.2) is 5.75 Å². The summed E-state index contributed by atoms with van der Waals surface area (Å²) in [4.78, 5) is 11.8. The van der Waals surface area contributed by atoms with E-state index in [1.807, 2.05) is 36.4 Å². The molecule has 2 aromatic carbocycles. The van der Waals surface area contributed by atoms with Crippen LogP contribution < -0.4 is 4.74 Å². The Morgan fingerprint density at radius 2 is 2.00 bits per heavy atom. The minimum absolute atomic E-state index is 0.00779. The minimum Gasteiger partial charge on any atom is -0.486 e. The second-order valence-corrected chi connectivity index (χ2v) is 6.42. The van der Waals surface area contributed by atoms with E-state index in [-0.39, 0.29) is 5.69 Å². The van der Waals surface area contributed by atoms with Crippen LogP contribution in [0.4, 0.5) is 5.69 Å². The van der Waals surface area contributed by atoms with Gasteiger partial charge in [0.25, 0.3) is 0 Å². The molecule has 0 heterocycles. The number of benzene rings is 2. The van der Waals surface area contributed by atoms with Crippen LogP contribution in [0.15, 0.2) is 51.8 Å². The van der Waals surface area contributed by atoms with Gasteiger partial charge in [-0.1, -0.05) is 34.1 Å². The van der Waals surface area contributed by atoms with Crippen LogP contribution in [-0.4, -0.2) is 17.3 Å². The van der Waals surface area contributed by atoms with Crippen LogP contribution in [0.25, 0.3) is 0 Å². The standard InChI is InChI=1S/C15H14BrNO3S/c1-11-9-12(16)10-14(17(18)19)15(11)20-7-8-21-13-5-3-2-4-6-13/h2-6,9-10H,7-8H2,1H3. The van der Waals surface area contributed by atoms with Crippen molar-refractivity contribution in [1.82, 2.24) is 0 Å². The number of halogens is 1. The molecule has 0 atom stereocenters. The molecular formula is C15H14BrNO3S. The van der Waals surface area contributed by atoms with Gasteiger partial charge in [0.2, 0.25) is 0 Å². The smallest absolute Gasteiger partial charge is 0.312 e. The first-order chi connectivity index (χ1) is 10.1. The second-order valence-electron chi connectivity index (χ2n) is 4.34. The Morgan fingerprint density at radius 3 is 2.67 bits per heavy atom. The van der Waals surface area contributed by atoms with Crippen molar-refractivity contribution in [2.45, 2.75) is 11.8 Å². The van der Waals surface area contributed by atoms with Gasteiger partial charge < -0.3 is 4.74 Å². The number of nitro groups is 1. The Labute approximate surface area is 135 Å². The first kappa shape index (κ1) is 15.9. The summed E-state index contributed by atoms with van der Waals surface area (Å²) in [5.74, 6) is 1.08. The molecule has 2 aromatic rings. The highest BCUT2D eigenvalue weighted by atomic mass is 79.9. The van der Waals surface area contributed by atoms with E-state index < -0.39 is 4.92 Å². The van der Waals surface area contributed by atoms with Crippen LogP contribution in [0, 0.1) is 17.0 Å². The molecule has 2 rings (SSSR count). The SMILES string of the molecule is Cc1cc(Br)cc([N+](=O)[O-])c1OCCSc1ccccc1. The summed E-state index contributed by atoms with van der Waals surface area (Å²) in [6.07, 6.45) is 0. The van der Waals surface area contributed by atoms with Crippen molar-refractivity contribution in [1.29, 1.82) is 0 Å². The molecule has 0 N–H and O–H groups in total. The highest BCUT2D eigenvalue weighted by Gasteiger charge is 2.18. The molecule has 0 unspecified atom stereocenters. The summed E-state index contributed by atoms with van der Waals surface area (Å²) in [6, 6.07) is 13.3. The Bertz CT molecular complexity index is 634. The fraction of sp³-hybridized carbons (Fsp3) is 0.200. The quantitative estimate of drug-likeness (QED) is 0.317. The molecule has 0 spiro atoms. The molecule has 0 aliphatic heterocycles. The van der Waals surface area contributed by atoms with Gasteiger partial charge in [-0.3, -0.25) is 10.1 Å². The van der Waals surface area contributed by atoms with Crippen LogP contribution in [0.3, 0.4) is 0 Å². The average molecular weight is 368 g/mol. The molecule has 0 amide bonds. The number of ether oxygens (including phenoxy) is 1. The van der Waals surface area contributed by atoms with Crippen molar-refractivity contribution in [3.63, 3.8) is 0 Å². The van der Waals surface area contributed by atoms with Crippen LogP contribution in [0.5, 0.6) is 5.75 Å². The fourth-order valence-electron chi connectivity index (χ4n) is 1.86. The Balaban J connectivity index is 1.98. The first-order valence-corrected chi connectivity index (χ1v) is 8.11. The van der Waals surface area contributed by atoms with Crippen molar-refractivity contribution in [3.8, 4) is 5.75 Å². The monoisotopic (exact) mass is 367 g/mol. The molecule has 0 aliphatic rings. The number of hydrogen-bond acceptors (Lipinski definition) is 4. The summed E-state index contributed by atoms with van der Waals surface area (Å²) in [6.45, 7) is 2.22. The van der Waals surface area contributed by atoms with E-state index in [0.29, 0.717) is 16.8 Å². The van der Waals surface area contributed by atoms with Gasteiger partial charge >= 0.3 is 5.69 Å². The highest BCUT2D eigenvalue weighted by molar-refractivity contribution is 9.10. The zero-order valence-electron chi connectivity index (χ0n) is 11.4. The zero-order chi connectivity index (χ0) is 15.2. The zero-order valence-corrected chi connectivity index (χ0v) is 13.8. The lowest BCUT2D eigenvalue weighted by molar-refractivity contribution is -0.386. The maximum absolute atomic E-state index is 11.1. The van der Waals surface area contributed by atoms with Crippen LogP contribution in [0.1, 0.15) is 5.56 Å². The molecule has 0 radical (unpaired) electrons. The maximum atomic E-state index is 11.1. The Kier molecular flexibility index (Phi) is 5.64. The summed E-state index contributed by atoms with van der Waals surface area (Å²) in [5, 5.41) is 11.1. The van der Waals surface area contributed by atoms with E-state index in [2.05, 4.69) is 15.9 Å². The van der Waals surface area contributed by atoms with E-state index in [4.69, 9.17) is 4.74 Å². The lowest BCUT2D eigenvalue weighted by Gasteiger charge is -2.10. The van der Waals surface area contributed by atoms with Crippen LogP contribution >= 0.6 is 27.7 Å². The third kappa shape index (κ3) is 4.47. The molecule has 0 saturated carbocycles. The van der Waals surface area contributed by atoms with E-state index >= 15 is 0 Å². The molecule has 110 valence electrons. The lowest BCUT2D eigenvalue weighted by Crippen LogP contribution is -2.04. The van der Waals surface area contributed by atoms with Gasteiger partial charge in [0, 0.05) is 21.2 Å². The van der Waals surface area contributed by atoms with Crippen LogP contribution in [-0.2, 0) is 0 Å². The molecule has 0 aromatic heterocycles. The third-order valence-corrected chi connectivity index (χ3v) is 4.19. The number of rotatable bonds is 6. The van der Waals surface area contributed by atoms with Crippen molar-refractivity contribution in [2.75, 3.05) is 12.4 Å². The van der Waals surface area contributed by atoms with Gasteiger partial charge in [-0.15, -0.1) is 11.8 Å². The van der Waals surface area contributed by atoms with Gasteiger partial charge in [-0.2, -0.15) is 0 Å². The second kappa shape index (κ2) is 7.47. The fourth-order valence-corrected chi connectivity index (χ4v) is 3.17. The molecule has 0 fully saturated rings. The normalized spacial score (nSPS) is 10.4. The van der Waals surface area contributed by atoms with Gasteiger partial charge in [-0.25, -0.2) is 0 Å². The maximum Gasteiger partial charge on any atom is 0.312 e. The molecule has 6 heteroatoms. The Hall–Kier alpha value is -1.53. The summed E-state index contributed by atoms with van der Waals surface area (Å²) < 4.78 is 6.30. The van der Waals surface area contributed by atoms with E-state index in [1.54, 1.807) is 18.7 Å². The van der Waals surface area contributed by atoms with Gasteiger partial charge in [0.1, 0.15) is 0 Å². The van der Waals surface area contributed by atoms with Crippen molar-refractivity contribution >= 4 is 33.4 Å². The van der Waals surface area contributed by atoms with Crippen molar-refractivity contribution in [3.05, 3.63) is 62.6 Å². The molecule has 0 bridgehead atoms. The lowest BCUT2D eigenvalue weighted by atomic mass is 10.2. The summed E-state index contributed by atoms with van der Waals surface area (Å²) in [7, 11) is 0. The molecule has 0 aliphatic carbocycles. The Morgan fingerprint density at radius 1 is 1.29 bits per heavy atom. The first-order valence-electron chi connectivity index (χ1n) is 6.33. The molecule has 4 nitrogen and oxygen atoms in total. The average Bonchev–Trinajstić information content (AvgIpc) is 2.45. The predicted octanol–water partition coefficient (Wildman–Crippen LogP) is 4.84. The number of hydrogen-bond donors (Lipinski definition) is 0. The largest absolute Gasteiger partial charge is 0.486 e. The molecular weight excluding hydrogens is 354 g/mol. The topological polar surface area (TPSA) is 52.4 Å². The summed E-state index contributed by atoms with van der Waals surface area (Å²) >= 11 is 4.92. The highest BCUT2D eigenvalue weighted by Crippen LogP contribution is 2.34. The van der Waals surface area contributed by atoms with Crippen molar-refractivity contribution in [2.24, 2.45) is 0 Å². The van der Waals surface area contributed by atoms with Gasteiger partial charge in [0.05, 0.1) is 11.5 Å². The predicted molar refractivity (Wildman–Crippen MR) is 88.2 cm³/mol. The molecule has 0 saturated heterocycles.